The van der Waals surface area contributed by atoms with E-state index < -0.39 is 6.10 Å². The second-order valence-corrected chi connectivity index (χ2v) is 18.8. The predicted molar refractivity (Wildman–Crippen MR) is 275 cm³/mol. The molecule has 0 aromatic rings. The summed E-state index contributed by atoms with van der Waals surface area (Å²) in [6.45, 7) is 6.62. The minimum Gasteiger partial charge on any atom is -0.462 e. The van der Waals surface area contributed by atoms with Crippen LogP contribution in [0.2, 0.25) is 0 Å². The summed E-state index contributed by atoms with van der Waals surface area (Å²) < 4.78 is 16.9. The zero-order valence-corrected chi connectivity index (χ0v) is 42.8. The summed E-state index contributed by atoms with van der Waals surface area (Å²) in [4.78, 5) is 38.1. The quantitative estimate of drug-likeness (QED) is 0.0262. The molecule has 64 heavy (non-hydrogen) atoms. The summed E-state index contributed by atoms with van der Waals surface area (Å²) >= 11 is 0. The van der Waals surface area contributed by atoms with Crippen LogP contribution in [0.4, 0.5) is 0 Å². The molecular weight excluding hydrogens is 793 g/mol. The molecular formula is C58H106O6. The van der Waals surface area contributed by atoms with Crippen LogP contribution in [0, 0.1) is 0 Å². The molecule has 0 aliphatic heterocycles. The van der Waals surface area contributed by atoms with E-state index in [1.807, 2.05) is 0 Å². The van der Waals surface area contributed by atoms with E-state index in [4.69, 9.17) is 14.2 Å². The Morgan fingerprint density at radius 3 is 0.922 bits per heavy atom. The lowest BCUT2D eigenvalue weighted by Crippen LogP contribution is -2.30. The lowest BCUT2D eigenvalue weighted by atomic mass is 10.0. The monoisotopic (exact) mass is 899 g/mol. The molecule has 0 aliphatic rings. The molecule has 0 spiro atoms. The number of unbranched alkanes of at least 4 members (excludes halogenated alkanes) is 34. The van der Waals surface area contributed by atoms with Crippen molar-refractivity contribution in [3.8, 4) is 0 Å². The molecule has 0 rings (SSSR count). The van der Waals surface area contributed by atoms with Crippen LogP contribution in [-0.2, 0) is 28.6 Å². The molecule has 0 aromatic heterocycles. The molecule has 0 radical (unpaired) electrons. The second kappa shape index (κ2) is 53.2. The fraction of sp³-hybridized carbons (Fsp3) is 0.845. The number of hydrogen-bond donors (Lipinski definition) is 0. The first kappa shape index (κ1) is 61.6. The van der Waals surface area contributed by atoms with Crippen LogP contribution in [0.5, 0.6) is 0 Å². The molecule has 0 aromatic carbocycles. The molecule has 1 atom stereocenters. The van der Waals surface area contributed by atoms with Crippen molar-refractivity contribution >= 4 is 17.9 Å². The van der Waals surface area contributed by atoms with Gasteiger partial charge in [-0.1, -0.05) is 237 Å². The van der Waals surface area contributed by atoms with Crippen LogP contribution < -0.4 is 0 Å². The maximum Gasteiger partial charge on any atom is 0.306 e. The van der Waals surface area contributed by atoms with Gasteiger partial charge in [-0.25, -0.2) is 0 Å². The van der Waals surface area contributed by atoms with Gasteiger partial charge in [-0.3, -0.25) is 14.4 Å². The number of carbonyl (C=O) groups excluding carboxylic acids is 3. The summed E-state index contributed by atoms with van der Waals surface area (Å²) in [5, 5.41) is 0. The summed E-state index contributed by atoms with van der Waals surface area (Å²) in [5.74, 6) is -0.871. The third-order valence-corrected chi connectivity index (χ3v) is 12.4. The molecule has 0 fully saturated rings. The van der Waals surface area contributed by atoms with Crippen molar-refractivity contribution in [2.75, 3.05) is 13.2 Å². The maximum absolute atomic E-state index is 12.8. The zero-order chi connectivity index (χ0) is 46.5. The minimum atomic E-state index is -0.774. The Hall–Kier alpha value is -2.37. The molecule has 0 saturated heterocycles. The van der Waals surface area contributed by atoms with Crippen LogP contribution >= 0.6 is 0 Å². The van der Waals surface area contributed by atoms with Crippen LogP contribution in [0.1, 0.15) is 297 Å². The fourth-order valence-corrected chi connectivity index (χ4v) is 8.12. The van der Waals surface area contributed by atoms with Crippen LogP contribution in [-0.4, -0.2) is 37.2 Å². The van der Waals surface area contributed by atoms with Gasteiger partial charge in [-0.15, -0.1) is 0 Å². The molecule has 374 valence electrons. The standard InChI is InChI=1S/C58H106O6/c1-4-7-10-13-16-19-22-25-28-29-31-33-36-39-42-45-48-51-57(60)63-54-55(53-62-56(59)50-47-44-41-38-35-32-27-24-21-18-15-12-9-6-3)64-58(61)52-49-46-43-40-37-34-30-26-23-20-17-14-11-8-5-2/h16,19-20,23,25,28,55H,4-15,17-18,21-22,24,26-27,29-54H2,1-3H3/b19-16+,23-20+,28-25+/t55-/m1/s1. The van der Waals surface area contributed by atoms with Gasteiger partial charge in [0.05, 0.1) is 0 Å². The topological polar surface area (TPSA) is 78.9 Å². The third-order valence-electron chi connectivity index (χ3n) is 12.4. The Labute approximate surface area is 397 Å². The lowest BCUT2D eigenvalue weighted by Gasteiger charge is -2.18. The Morgan fingerprint density at radius 2 is 0.562 bits per heavy atom. The minimum absolute atomic E-state index is 0.0729. The number of hydrogen-bond acceptors (Lipinski definition) is 6. The van der Waals surface area contributed by atoms with E-state index in [1.54, 1.807) is 0 Å². The Morgan fingerprint density at radius 1 is 0.312 bits per heavy atom. The van der Waals surface area contributed by atoms with E-state index >= 15 is 0 Å². The van der Waals surface area contributed by atoms with Crippen LogP contribution in [0.3, 0.4) is 0 Å². The number of allylic oxidation sites excluding steroid dienone is 6. The summed E-state index contributed by atoms with van der Waals surface area (Å²) in [6.07, 6.45) is 62.6. The molecule has 0 aliphatic carbocycles. The normalized spacial score (nSPS) is 12.2. The lowest BCUT2D eigenvalue weighted by molar-refractivity contribution is -0.167. The van der Waals surface area contributed by atoms with E-state index in [2.05, 4.69) is 57.2 Å². The average Bonchev–Trinajstić information content (AvgIpc) is 3.29. The van der Waals surface area contributed by atoms with Gasteiger partial charge in [-0.2, -0.15) is 0 Å². The molecule has 0 unspecified atom stereocenters. The van der Waals surface area contributed by atoms with Gasteiger partial charge in [0.2, 0.25) is 0 Å². The van der Waals surface area contributed by atoms with Crippen LogP contribution in [0.15, 0.2) is 36.5 Å². The highest BCUT2D eigenvalue weighted by molar-refractivity contribution is 5.71. The summed E-state index contributed by atoms with van der Waals surface area (Å²) in [7, 11) is 0. The first-order chi connectivity index (χ1) is 31.5. The SMILES string of the molecule is CCCCC/C=C/C/C=C/CCCCCCCCCC(=O)OC[C@@H](COC(=O)CCCCCCCCCCCCCCCC)OC(=O)CCCCCCCCC/C=C/CCCCCC. The first-order valence-corrected chi connectivity index (χ1v) is 28.0. The molecule has 6 heteroatoms. The highest BCUT2D eigenvalue weighted by Gasteiger charge is 2.19. The van der Waals surface area contributed by atoms with Crippen molar-refractivity contribution in [2.45, 2.75) is 303 Å². The second-order valence-electron chi connectivity index (χ2n) is 18.8. The highest BCUT2D eigenvalue weighted by Crippen LogP contribution is 2.16. The number of rotatable bonds is 51. The number of ether oxygens (including phenoxy) is 3. The van der Waals surface area contributed by atoms with Gasteiger partial charge < -0.3 is 14.2 Å². The van der Waals surface area contributed by atoms with E-state index in [9.17, 15) is 14.4 Å². The average molecular weight is 899 g/mol. The van der Waals surface area contributed by atoms with E-state index in [0.29, 0.717) is 19.3 Å². The van der Waals surface area contributed by atoms with Crippen molar-refractivity contribution in [3.05, 3.63) is 36.5 Å². The van der Waals surface area contributed by atoms with Crippen molar-refractivity contribution < 1.29 is 28.6 Å². The van der Waals surface area contributed by atoms with Crippen molar-refractivity contribution in [2.24, 2.45) is 0 Å². The van der Waals surface area contributed by atoms with Crippen molar-refractivity contribution in [1.29, 1.82) is 0 Å². The molecule has 0 amide bonds. The molecule has 0 bridgehead atoms. The van der Waals surface area contributed by atoms with Gasteiger partial charge in [0, 0.05) is 19.3 Å². The van der Waals surface area contributed by atoms with Crippen molar-refractivity contribution in [3.63, 3.8) is 0 Å². The first-order valence-electron chi connectivity index (χ1n) is 28.0. The zero-order valence-electron chi connectivity index (χ0n) is 42.8. The van der Waals surface area contributed by atoms with Gasteiger partial charge in [0.15, 0.2) is 6.10 Å². The summed E-state index contributed by atoms with van der Waals surface area (Å²) in [6, 6.07) is 0. The maximum atomic E-state index is 12.8. The molecule has 0 saturated carbocycles. The highest BCUT2D eigenvalue weighted by atomic mass is 16.6. The Balaban J connectivity index is 4.36. The van der Waals surface area contributed by atoms with Gasteiger partial charge in [0.25, 0.3) is 0 Å². The largest absolute Gasteiger partial charge is 0.462 e. The van der Waals surface area contributed by atoms with Gasteiger partial charge in [-0.05, 0) is 77.0 Å². The predicted octanol–water partition coefficient (Wildman–Crippen LogP) is 18.5. The molecule has 0 N–H and O–H groups in total. The molecule has 0 heterocycles. The van der Waals surface area contributed by atoms with Gasteiger partial charge in [0.1, 0.15) is 13.2 Å². The van der Waals surface area contributed by atoms with E-state index in [-0.39, 0.29) is 31.1 Å². The summed E-state index contributed by atoms with van der Waals surface area (Å²) in [5.41, 5.74) is 0. The van der Waals surface area contributed by atoms with Gasteiger partial charge >= 0.3 is 17.9 Å². The number of carbonyl (C=O) groups is 3. The van der Waals surface area contributed by atoms with E-state index in [1.165, 1.54) is 186 Å². The number of esters is 3. The smallest absolute Gasteiger partial charge is 0.306 e. The van der Waals surface area contributed by atoms with Crippen LogP contribution in [0.25, 0.3) is 0 Å². The van der Waals surface area contributed by atoms with Crippen molar-refractivity contribution in [1.82, 2.24) is 0 Å². The Kier molecular flexibility index (Phi) is 51.3. The molecule has 6 nitrogen and oxygen atoms in total. The Bertz CT molecular complexity index is 1080. The third kappa shape index (κ3) is 50.6. The fourth-order valence-electron chi connectivity index (χ4n) is 8.12. The van der Waals surface area contributed by atoms with E-state index in [0.717, 1.165) is 70.6 Å².